The Kier molecular flexibility index (Phi) is 4.97. The molecule has 26 heavy (non-hydrogen) atoms. The molecule has 2 aliphatic heterocycles. The second-order valence-corrected chi connectivity index (χ2v) is 7.98. The first kappa shape index (κ1) is 17.5. The van der Waals surface area contributed by atoms with Crippen LogP contribution in [0, 0.1) is 17.2 Å². The van der Waals surface area contributed by atoms with Crippen molar-refractivity contribution in [3.63, 3.8) is 0 Å². The molecule has 1 amide bonds. The highest BCUT2D eigenvalue weighted by atomic mass is 16.5. The standard InChI is InChI=1S/C21H26N2O3/c22-12-17-6-3-7-18(10-17)20(24)23-14-21(15-23)11-19(8-9-26-21)25-13-16-4-1-2-5-16/h3,6-7,10,16,19H,1-2,4-5,8-9,11,13-15H2/t19-/m1/s1. The zero-order valence-corrected chi connectivity index (χ0v) is 15.2. The summed E-state index contributed by atoms with van der Waals surface area (Å²) in [7, 11) is 0. The number of rotatable bonds is 4. The Labute approximate surface area is 154 Å². The van der Waals surface area contributed by atoms with Crippen molar-refractivity contribution in [3.05, 3.63) is 35.4 Å². The molecular weight excluding hydrogens is 328 g/mol. The largest absolute Gasteiger partial charge is 0.378 e. The molecule has 138 valence electrons. The van der Waals surface area contributed by atoms with Crippen molar-refractivity contribution in [1.29, 1.82) is 5.26 Å². The molecule has 0 radical (unpaired) electrons. The first-order valence-corrected chi connectivity index (χ1v) is 9.72. The zero-order chi connectivity index (χ0) is 18.0. The maximum atomic E-state index is 12.6. The molecule has 1 aromatic carbocycles. The Balaban J connectivity index is 1.30. The number of hydrogen-bond acceptors (Lipinski definition) is 4. The number of nitriles is 1. The molecule has 1 saturated carbocycles. The van der Waals surface area contributed by atoms with Crippen LogP contribution in [-0.4, -0.2) is 48.8 Å². The van der Waals surface area contributed by atoms with Crippen molar-refractivity contribution in [2.75, 3.05) is 26.3 Å². The van der Waals surface area contributed by atoms with Crippen molar-refractivity contribution in [3.8, 4) is 6.07 Å². The van der Waals surface area contributed by atoms with Gasteiger partial charge in [-0.1, -0.05) is 18.9 Å². The van der Waals surface area contributed by atoms with E-state index in [2.05, 4.69) is 6.07 Å². The van der Waals surface area contributed by atoms with Crippen molar-refractivity contribution in [2.45, 2.75) is 50.2 Å². The molecule has 2 heterocycles. The van der Waals surface area contributed by atoms with Gasteiger partial charge in [-0.3, -0.25) is 4.79 Å². The molecule has 5 heteroatoms. The minimum atomic E-state index is -0.235. The summed E-state index contributed by atoms with van der Waals surface area (Å²) in [4.78, 5) is 14.4. The fourth-order valence-electron chi connectivity index (χ4n) is 4.49. The number of ether oxygens (including phenoxy) is 2. The minimum absolute atomic E-state index is 0.0228. The van der Waals surface area contributed by atoms with Crippen molar-refractivity contribution >= 4 is 5.91 Å². The van der Waals surface area contributed by atoms with E-state index >= 15 is 0 Å². The summed E-state index contributed by atoms with van der Waals surface area (Å²) in [6.07, 6.45) is 7.38. The van der Waals surface area contributed by atoms with Crippen molar-refractivity contribution in [2.24, 2.45) is 5.92 Å². The van der Waals surface area contributed by atoms with Crippen LogP contribution in [0.1, 0.15) is 54.4 Å². The van der Waals surface area contributed by atoms with E-state index in [0.29, 0.717) is 30.8 Å². The highest BCUT2D eigenvalue weighted by molar-refractivity contribution is 5.95. The second-order valence-electron chi connectivity index (χ2n) is 7.98. The van der Waals surface area contributed by atoms with Crippen LogP contribution in [0.4, 0.5) is 0 Å². The highest BCUT2D eigenvalue weighted by Crippen LogP contribution is 2.36. The molecule has 0 unspecified atom stereocenters. The van der Waals surface area contributed by atoms with Crippen LogP contribution in [-0.2, 0) is 9.47 Å². The van der Waals surface area contributed by atoms with Gasteiger partial charge in [-0.25, -0.2) is 0 Å². The van der Waals surface area contributed by atoms with Gasteiger partial charge in [-0.2, -0.15) is 5.26 Å². The molecule has 1 atom stereocenters. The predicted molar refractivity (Wildman–Crippen MR) is 96.7 cm³/mol. The minimum Gasteiger partial charge on any atom is -0.378 e. The highest BCUT2D eigenvalue weighted by Gasteiger charge is 2.49. The summed E-state index contributed by atoms with van der Waals surface area (Å²) in [5, 5.41) is 9.00. The Morgan fingerprint density at radius 1 is 1.31 bits per heavy atom. The molecule has 3 fully saturated rings. The summed E-state index contributed by atoms with van der Waals surface area (Å²) in [5.41, 5.74) is 0.852. The SMILES string of the molecule is N#Cc1cccc(C(=O)N2CC3(C[C@H](OCC4CCCC4)CCO3)C2)c1. The Morgan fingerprint density at radius 2 is 2.12 bits per heavy atom. The monoisotopic (exact) mass is 354 g/mol. The predicted octanol–water partition coefficient (Wildman–Crippen LogP) is 3.14. The van der Waals surface area contributed by atoms with Crippen LogP contribution in [0.25, 0.3) is 0 Å². The van der Waals surface area contributed by atoms with Crippen LogP contribution in [0.3, 0.4) is 0 Å². The molecule has 2 saturated heterocycles. The average molecular weight is 354 g/mol. The van der Waals surface area contributed by atoms with Gasteiger partial charge in [-0.05, 0) is 43.4 Å². The van der Waals surface area contributed by atoms with E-state index in [9.17, 15) is 4.79 Å². The lowest BCUT2D eigenvalue weighted by molar-refractivity contribution is -0.187. The molecule has 0 aromatic heterocycles. The third kappa shape index (κ3) is 3.62. The van der Waals surface area contributed by atoms with Gasteiger partial charge >= 0.3 is 0 Å². The molecule has 1 aromatic rings. The lowest BCUT2D eigenvalue weighted by Gasteiger charge is -2.53. The van der Waals surface area contributed by atoms with E-state index in [-0.39, 0.29) is 17.6 Å². The van der Waals surface area contributed by atoms with Gasteiger partial charge < -0.3 is 14.4 Å². The number of carbonyl (C=O) groups excluding carboxylic acids is 1. The van der Waals surface area contributed by atoms with Crippen LogP contribution in [0.5, 0.6) is 0 Å². The Hall–Kier alpha value is -1.90. The fraction of sp³-hybridized carbons (Fsp3) is 0.619. The van der Waals surface area contributed by atoms with E-state index in [4.69, 9.17) is 14.7 Å². The molecule has 0 bridgehead atoms. The van der Waals surface area contributed by atoms with Gasteiger partial charge in [0.05, 0.1) is 30.8 Å². The molecule has 3 aliphatic rings. The van der Waals surface area contributed by atoms with E-state index in [0.717, 1.165) is 25.4 Å². The molecule has 4 rings (SSSR count). The van der Waals surface area contributed by atoms with E-state index in [1.807, 2.05) is 4.90 Å². The quantitative estimate of drug-likeness (QED) is 0.833. The van der Waals surface area contributed by atoms with Gasteiger partial charge in [0.15, 0.2) is 0 Å². The number of hydrogen-bond donors (Lipinski definition) is 0. The molecular formula is C21H26N2O3. The summed E-state index contributed by atoms with van der Waals surface area (Å²) >= 11 is 0. The summed E-state index contributed by atoms with van der Waals surface area (Å²) in [6, 6.07) is 8.98. The second kappa shape index (κ2) is 7.38. The lowest BCUT2D eigenvalue weighted by Crippen LogP contribution is -2.67. The third-order valence-electron chi connectivity index (χ3n) is 5.97. The van der Waals surface area contributed by atoms with Crippen LogP contribution in [0.2, 0.25) is 0 Å². The molecule has 1 spiro atoms. The smallest absolute Gasteiger partial charge is 0.254 e. The number of nitrogens with zero attached hydrogens (tertiary/aromatic N) is 2. The topological polar surface area (TPSA) is 62.6 Å². The Morgan fingerprint density at radius 3 is 2.88 bits per heavy atom. The fourth-order valence-corrected chi connectivity index (χ4v) is 4.49. The van der Waals surface area contributed by atoms with Gasteiger partial charge in [0.2, 0.25) is 0 Å². The van der Waals surface area contributed by atoms with E-state index in [1.165, 1.54) is 25.7 Å². The Bertz CT molecular complexity index is 699. The van der Waals surface area contributed by atoms with Crippen LogP contribution >= 0.6 is 0 Å². The summed E-state index contributed by atoms with van der Waals surface area (Å²) in [5.74, 6) is 0.714. The number of amides is 1. The number of likely N-dealkylation sites (tertiary alicyclic amines) is 1. The van der Waals surface area contributed by atoms with Gasteiger partial charge in [0, 0.05) is 25.2 Å². The average Bonchev–Trinajstić information content (AvgIpc) is 3.18. The van der Waals surface area contributed by atoms with Crippen LogP contribution < -0.4 is 0 Å². The maximum Gasteiger partial charge on any atom is 0.254 e. The summed E-state index contributed by atoms with van der Waals surface area (Å²) < 4.78 is 12.2. The number of carbonyl (C=O) groups is 1. The first-order valence-electron chi connectivity index (χ1n) is 9.72. The van der Waals surface area contributed by atoms with Gasteiger partial charge in [0.1, 0.15) is 5.60 Å². The summed E-state index contributed by atoms with van der Waals surface area (Å²) in [6.45, 7) is 2.82. The van der Waals surface area contributed by atoms with E-state index in [1.54, 1.807) is 24.3 Å². The lowest BCUT2D eigenvalue weighted by atomic mass is 9.84. The normalized spacial score (nSPS) is 25.0. The van der Waals surface area contributed by atoms with Crippen molar-refractivity contribution < 1.29 is 14.3 Å². The van der Waals surface area contributed by atoms with Crippen molar-refractivity contribution in [1.82, 2.24) is 4.90 Å². The number of benzene rings is 1. The maximum absolute atomic E-state index is 12.6. The van der Waals surface area contributed by atoms with Crippen LogP contribution in [0.15, 0.2) is 24.3 Å². The first-order chi connectivity index (χ1) is 12.7. The zero-order valence-electron chi connectivity index (χ0n) is 15.2. The molecule has 1 aliphatic carbocycles. The van der Waals surface area contributed by atoms with Gasteiger partial charge in [0.25, 0.3) is 5.91 Å². The third-order valence-corrected chi connectivity index (χ3v) is 5.97. The van der Waals surface area contributed by atoms with E-state index < -0.39 is 0 Å². The molecule has 5 nitrogen and oxygen atoms in total. The molecule has 0 N–H and O–H groups in total. The van der Waals surface area contributed by atoms with Gasteiger partial charge in [-0.15, -0.1) is 0 Å².